The van der Waals surface area contributed by atoms with Crippen LogP contribution in [0.4, 0.5) is 4.79 Å². The van der Waals surface area contributed by atoms with Gasteiger partial charge in [0.2, 0.25) is 0 Å². The fourth-order valence-electron chi connectivity index (χ4n) is 2.79. The van der Waals surface area contributed by atoms with Crippen LogP contribution in [0.3, 0.4) is 0 Å². The van der Waals surface area contributed by atoms with Crippen LogP contribution in [0, 0.1) is 6.92 Å². The molecule has 5 nitrogen and oxygen atoms in total. The summed E-state index contributed by atoms with van der Waals surface area (Å²) in [4.78, 5) is 24.8. The van der Waals surface area contributed by atoms with Crippen LogP contribution < -0.4 is 5.32 Å². The van der Waals surface area contributed by atoms with E-state index < -0.39 is 23.7 Å². The first kappa shape index (κ1) is 22.5. The van der Waals surface area contributed by atoms with Gasteiger partial charge >= 0.3 is 12.1 Å². The first-order valence-electron chi connectivity index (χ1n) is 9.98. The van der Waals surface area contributed by atoms with Crippen molar-refractivity contribution >= 4 is 12.1 Å². The van der Waals surface area contributed by atoms with Crippen molar-refractivity contribution in [1.29, 1.82) is 0 Å². The van der Waals surface area contributed by atoms with Crippen LogP contribution in [-0.4, -0.2) is 23.7 Å². The smallest absolute Gasteiger partial charge is 0.408 e. The van der Waals surface area contributed by atoms with E-state index in [4.69, 9.17) is 9.47 Å². The molecule has 0 bridgehead atoms. The highest BCUT2D eigenvalue weighted by Crippen LogP contribution is 2.12. The van der Waals surface area contributed by atoms with E-state index in [9.17, 15) is 9.59 Å². The topological polar surface area (TPSA) is 64.6 Å². The summed E-state index contributed by atoms with van der Waals surface area (Å²) in [7, 11) is 0. The molecule has 2 aromatic carbocycles. The van der Waals surface area contributed by atoms with Crippen LogP contribution in [-0.2, 0) is 27.3 Å². The lowest BCUT2D eigenvalue weighted by Gasteiger charge is -2.23. The quantitative estimate of drug-likeness (QED) is 0.640. The summed E-state index contributed by atoms with van der Waals surface area (Å²) in [6.07, 6.45) is 1.41. The van der Waals surface area contributed by atoms with Crippen molar-refractivity contribution in [2.45, 2.75) is 65.2 Å². The van der Waals surface area contributed by atoms with E-state index in [1.54, 1.807) is 20.8 Å². The molecule has 0 heterocycles. The number of rotatable bonds is 8. The highest BCUT2D eigenvalue weighted by atomic mass is 16.6. The second-order valence-electron chi connectivity index (χ2n) is 8.17. The number of nitrogens with one attached hydrogen (secondary N) is 1. The maximum absolute atomic E-state index is 12.6. The van der Waals surface area contributed by atoms with Gasteiger partial charge in [-0.25, -0.2) is 9.59 Å². The molecule has 0 fully saturated rings. The molecule has 5 heteroatoms. The molecule has 29 heavy (non-hydrogen) atoms. The number of alkyl carbamates (subject to hydrolysis) is 1. The molecule has 0 saturated heterocycles. The van der Waals surface area contributed by atoms with Gasteiger partial charge in [0.25, 0.3) is 0 Å². The minimum atomic E-state index is -0.751. The Morgan fingerprint density at radius 2 is 1.62 bits per heavy atom. The molecule has 156 valence electrons. The first-order valence-corrected chi connectivity index (χ1v) is 9.98. The number of benzene rings is 2. The zero-order chi connectivity index (χ0) is 21.3. The van der Waals surface area contributed by atoms with Crippen LogP contribution in [0.15, 0.2) is 54.6 Å². The molecular weight excluding hydrogens is 366 g/mol. The second kappa shape index (κ2) is 10.6. The van der Waals surface area contributed by atoms with Gasteiger partial charge in [-0.1, -0.05) is 60.2 Å². The Balaban J connectivity index is 1.94. The van der Waals surface area contributed by atoms with Crippen molar-refractivity contribution in [3.63, 3.8) is 0 Å². The molecule has 1 amide bonds. The molecule has 0 aliphatic heterocycles. The summed E-state index contributed by atoms with van der Waals surface area (Å²) >= 11 is 0. The van der Waals surface area contributed by atoms with E-state index in [0.29, 0.717) is 6.42 Å². The standard InChI is InChI=1S/C24H31NO4/c1-18-13-15-19(16-14-18)11-8-12-21(25-23(27)29-24(2,3)4)22(26)28-17-20-9-6-5-7-10-20/h5-7,9-10,13-16,21H,8,11-12,17H2,1-4H3,(H,25,27)/t21-/m0/s1. The van der Waals surface area contributed by atoms with E-state index in [2.05, 4.69) is 29.6 Å². The summed E-state index contributed by atoms with van der Waals surface area (Å²) in [5.74, 6) is -0.455. The lowest BCUT2D eigenvalue weighted by atomic mass is 10.0. The number of amides is 1. The molecule has 1 atom stereocenters. The largest absolute Gasteiger partial charge is 0.459 e. The van der Waals surface area contributed by atoms with Crippen LogP contribution in [0.25, 0.3) is 0 Å². The molecule has 0 aliphatic carbocycles. The SMILES string of the molecule is Cc1ccc(CCC[C@H](NC(=O)OC(C)(C)C)C(=O)OCc2ccccc2)cc1. The molecule has 0 unspecified atom stereocenters. The Labute approximate surface area is 173 Å². The predicted molar refractivity (Wildman–Crippen MR) is 114 cm³/mol. The lowest BCUT2D eigenvalue weighted by Crippen LogP contribution is -2.44. The summed E-state index contributed by atoms with van der Waals surface area (Å²) in [6, 6.07) is 17.0. The van der Waals surface area contributed by atoms with E-state index >= 15 is 0 Å². The zero-order valence-corrected chi connectivity index (χ0v) is 17.7. The number of carbonyl (C=O) groups excluding carboxylic acids is 2. The average molecular weight is 398 g/mol. The Hall–Kier alpha value is -2.82. The van der Waals surface area contributed by atoms with Crippen LogP contribution in [0.5, 0.6) is 0 Å². The number of carbonyl (C=O) groups is 2. The van der Waals surface area contributed by atoms with Gasteiger partial charge in [-0.05, 0) is 58.1 Å². The number of esters is 1. The highest BCUT2D eigenvalue weighted by molar-refractivity contribution is 5.81. The minimum Gasteiger partial charge on any atom is -0.459 e. The maximum Gasteiger partial charge on any atom is 0.408 e. The number of ether oxygens (including phenoxy) is 2. The zero-order valence-electron chi connectivity index (χ0n) is 17.7. The summed E-state index contributed by atoms with van der Waals surface area (Å²) in [5, 5.41) is 2.67. The fourth-order valence-corrected chi connectivity index (χ4v) is 2.79. The third-order valence-corrected chi connectivity index (χ3v) is 4.28. The number of aryl methyl sites for hydroxylation is 2. The fraction of sp³-hybridized carbons (Fsp3) is 0.417. The van der Waals surface area contributed by atoms with Crippen LogP contribution in [0.2, 0.25) is 0 Å². The highest BCUT2D eigenvalue weighted by Gasteiger charge is 2.25. The molecule has 2 aromatic rings. The summed E-state index contributed by atoms with van der Waals surface area (Å²) < 4.78 is 10.7. The molecule has 0 spiro atoms. The lowest BCUT2D eigenvalue weighted by molar-refractivity contribution is -0.147. The van der Waals surface area contributed by atoms with Crippen molar-refractivity contribution in [3.8, 4) is 0 Å². The van der Waals surface area contributed by atoms with Gasteiger partial charge in [0, 0.05) is 0 Å². The minimum absolute atomic E-state index is 0.171. The molecule has 0 saturated carbocycles. The molecule has 1 N–H and O–H groups in total. The Kier molecular flexibility index (Phi) is 8.25. The monoisotopic (exact) mass is 397 g/mol. The first-order chi connectivity index (χ1) is 13.7. The van der Waals surface area contributed by atoms with Gasteiger partial charge in [0.15, 0.2) is 0 Å². The van der Waals surface area contributed by atoms with Gasteiger partial charge in [-0.15, -0.1) is 0 Å². The molecule has 0 aliphatic rings. The van der Waals surface area contributed by atoms with Crippen molar-refractivity contribution in [2.75, 3.05) is 0 Å². The molecular formula is C24H31NO4. The van der Waals surface area contributed by atoms with Gasteiger partial charge in [-0.3, -0.25) is 0 Å². The summed E-state index contributed by atoms with van der Waals surface area (Å²) in [5.41, 5.74) is 2.67. The summed E-state index contributed by atoms with van der Waals surface area (Å²) in [6.45, 7) is 7.57. The van der Waals surface area contributed by atoms with E-state index in [1.807, 2.05) is 37.3 Å². The van der Waals surface area contributed by atoms with E-state index in [0.717, 1.165) is 18.4 Å². The second-order valence-corrected chi connectivity index (χ2v) is 8.17. The maximum atomic E-state index is 12.6. The van der Waals surface area contributed by atoms with Crippen molar-refractivity contribution < 1.29 is 19.1 Å². The molecule has 2 rings (SSSR count). The van der Waals surface area contributed by atoms with Gasteiger partial charge in [0.1, 0.15) is 18.2 Å². The van der Waals surface area contributed by atoms with Crippen molar-refractivity contribution in [1.82, 2.24) is 5.32 Å². The van der Waals surface area contributed by atoms with Gasteiger partial charge in [-0.2, -0.15) is 0 Å². The molecule has 0 aromatic heterocycles. The molecule has 0 radical (unpaired) electrons. The van der Waals surface area contributed by atoms with Crippen LogP contribution >= 0.6 is 0 Å². The predicted octanol–water partition coefficient (Wildman–Crippen LogP) is 4.95. The van der Waals surface area contributed by atoms with E-state index in [-0.39, 0.29) is 6.61 Å². The number of hydrogen-bond acceptors (Lipinski definition) is 4. The van der Waals surface area contributed by atoms with Gasteiger partial charge < -0.3 is 14.8 Å². The third-order valence-electron chi connectivity index (χ3n) is 4.28. The number of hydrogen-bond donors (Lipinski definition) is 1. The van der Waals surface area contributed by atoms with Crippen LogP contribution in [0.1, 0.15) is 50.3 Å². The average Bonchev–Trinajstić information content (AvgIpc) is 2.66. The Morgan fingerprint density at radius 1 is 0.966 bits per heavy atom. The third kappa shape index (κ3) is 8.81. The Morgan fingerprint density at radius 3 is 2.24 bits per heavy atom. The van der Waals surface area contributed by atoms with E-state index in [1.165, 1.54) is 11.1 Å². The normalized spacial score (nSPS) is 12.1. The van der Waals surface area contributed by atoms with Gasteiger partial charge in [0.05, 0.1) is 0 Å². The Bertz CT molecular complexity index is 779. The van der Waals surface area contributed by atoms with Crippen molar-refractivity contribution in [2.24, 2.45) is 0 Å². The van der Waals surface area contributed by atoms with Crippen molar-refractivity contribution in [3.05, 3.63) is 71.3 Å².